The Kier molecular flexibility index (Phi) is 4.70. The third kappa shape index (κ3) is 3.92. The van der Waals surface area contributed by atoms with Crippen LogP contribution in [0.5, 0.6) is 5.75 Å². The van der Waals surface area contributed by atoms with E-state index in [0.717, 1.165) is 16.9 Å². The summed E-state index contributed by atoms with van der Waals surface area (Å²) < 4.78 is 7.23. The molecule has 4 aromatic rings. The van der Waals surface area contributed by atoms with Gasteiger partial charge in [0.2, 0.25) is 5.78 Å². The number of hydrogen-bond acceptors (Lipinski definition) is 4. The molecule has 0 radical (unpaired) electrons. The first kappa shape index (κ1) is 18.9. The van der Waals surface area contributed by atoms with Gasteiger partial charge in [-0.25, -0.2) is 0 Å². The third-order valence-electron chi connectivity index (χ3n) is 4.84. The van der Waals surface area contributed by atoms with E-state index in [9.17, 15) is 4.79 Å². The number of nitrogens with one attached hydrogen (secondary N) is 1. The van der Waals surface area contributed by atoms with Crippen molar-refractivity contribution >= 4 is 5.78 Å². The van der Waals surface area contributed by atoms with Gasteiger partial charge in [0, 0.05) is 11.6 Å². The zero-order valence-electron chi connectivity index (χ0n) is 17.1. The lowest BCUT2D eigenvalue weighted by Crippen LogP contribution is -2.16. The highest BCUT2D eigenvalue weighted by molar-refractivity contribution is 5.56. The molecule has 4 rings (SSSR count). The number of fused-ring (bicyclic) bond motifs is 1. The molecule has 6 nitrogen and oxygen atoms in total. The smallest absolute Gasteiger partial charge is 0.276 e. The predicted octanol–water partition coefficient (Wildman–Crippen LogP) is 4.27. The van der Waals surface area contributed by atoms with Gasteiger partial charge in [-0.2, -0.15) is 9.50 Å². The van der Waals surface area contributed by atoms with Gasteiger partial charge in [-0.1, -0.05) is 63.2 Å². The van der Waals surface area contributed by atoms with Crippen LogP contribution in [0.2, 0.25) is 0 Å². The fourth-order valence-electron chi connectivity index (χ4n) is 3.16. The zero-order valence-corrected chi connectivity index (χ0v) is 17.1. The Morgan fingerprint density at radius 2 is 1.83 bits per heavy atom. The largest absolute Gasteiger partial charge is 0.487 e. The maximum Gasteiger partial charge on any atom is 0.276 e. The molecule has 0 bridgehead atoms. The van der Waals surface area contributed by atoms with Crippen LogP contribution in [-0.4, -0.2) is 19.6 Å². The van der Waals surface area contributed by atoms with Crippen molar-refractivity contribution in [2.45, 2.75) is 39.7 Å². The summed E-state index contributed by atoms with van der Waals surface area (Å²) in [7, 11) is 0. The van der Waals surface area contributed by atoms with Gasteiger partial charge in [0.15, 0.2) is 5.82 Å². The molecule has 6 heteroatoms. The van der Waals surface area contributed by atoms with Crippen LogP contribution in [0.3, 0.4) is 0 Å². The third-order valence-corrected chi connectivity index (χ3v) is 4.84. The Bertz CT molecular complexity index is 1220. The normalized spacial score (nSPS) is 11.7. The highest BCUT2D eigenvalue weighted by Crippen LogP contribution is 2.27. The number of aromatic amines is 1. The van der Waals surface area contributed by atoms with E-state index in [0.29, 0.717) is 17.3 Å². The van der Waals surface area contributed by atoms with Crippen molar-refractivity contribution in [3.05, 3.63) is 81.8 Å². The maximum atomic E-state index is 12.5. The number of aryl methyl sites for hydroxylation is 1. The number of rotatable bonds is 4. The number of aromatic nitrogens is 4. The van der Waals surface area contributed by atoms with Crippen molar-refractivity contribution in [2.75, 3.05) is 0 Å². The number of ether oxygens (including phenoxy) is 1. The number of hydrogen-bond donors (Lipinski definition) is 1. The molecule has 0 amide bonds. The SMILES string of the molecule is Cc1cc(C(C)(C)C)ccc1OCc1cc(=O)n2nc(-c3ccccc3)nc2[nH]1. The van der Waals surface area contributed by atoms with Crippen molar-refractivity contribution in [3.8, 4) is 17.1 Å². The summed E-state index contributed by atoms with van der Waals surface area (Å²) in [5.74, 6) is 1.70. The monoisotopic (exact) mass is 388 g/mol. The Hall–Kier alpha value is -3.41. The van der Waals surface area contributed by atoms with Gasteiger partial charge in [0.1, 0.15) is 12.4 Å². The van der Waals surface area contributed by atoms with Crippen molar-refractivity contribution in [1.29, 1.82) is 0 Å². The lowest BCUT2D eigenvalue weighted by molar-refractivity contribution is 0.299. The van der Waals surface area contributed by atoms with Gasteiger partial charge < -0.3 is 9.72 Å². The van der Waals surface area contributed by atoms with Gasteiger partial charge in [-0.15, -0.1) is 5.10 Å². The quantitative estimate of drug-likeness (QED) is 0.567. The summed E-state index contributed by atoms with van der Waals surface area (Å²) in [6, 6.07) is 17.3. The van der Waals surface area contributed by atoms with Crippen molar-refractivity contribution in [3.63, 3.8) is 0 Å². The molecule has 0 aliphatic heterocycles. The lowest BCUT2D eigenvalue weighted by Gasteiger charge is -2.20. The van der Waals surface area contributed by atoms with E-state index in [1.54, 1.807) is 0 Å². The average Bonchev–Trinajstić information content (AvgIpc) is 3.12. The van der Waals surface area contributed by atoms with Crippen LogP contribution in [0.1, 0.15) is 37.6 Å². The molecule has 2 heterocycles. The summed E-state index contributed by atoms with van der Waals surface area (Å²) in [6.45, 7) is 8.83. The highest BCUT2D eigenvalue weighted by Gasteiger charge is 2.15. The molecular weight excluding hydrogens is 364 g/mol. The predicted molar refractivity (Wildman–Crippen MR) is 113 cm³/mol. The van der Waals surface area contributed by atoms with Crippen LogP contribution in [0, 0.1) is 6.92 Å². The molecule has 2 aromatic heterocycles. The number of benzene rings is 2. The van der Waals surface area contributed by atoms with E-state index < -0.39 is 0 Å². The Labute approximate surface area is 169 Å². The lowest BCUT2D eigenvalue weighted by atomic mass is 9.86. The molecular formula is C23H24N4O2. The minimum absolute atomic E-state index is 0.0870. The van der Waals surface area contributed by atoms with Crippen LogP contribution in [0.25, 0.3) is 17.2 Å². The molecule has 0 spiro atoms. The molecule has 2 aromatic carbocycles. The summed E-state index contributed by atoms with van der Waals surface area (Å²) >= 11 is 0. The Morgan fingerprint density at radius 1 is 1.07 bits per heavy atom. The topological polar surface area (TPSA) is 72.3 Å². The second kappa shape index (κ2) is 7.20. The minimum atomic E-state index is -0.244. The van der Waals surface area contributed by atoms with E-state index in [2.05, 4.69) is 48.0 Å². The summed E-state index contributed by atoms with van der Waals surface area (Å²) in [5.41, 5.74) is 3.67. The van der Waals surface area contributed by atoms with Gasteiger partial charge in [-0.3, -0.25) is 4.79 Å². The van der Waals surface area contributed by atoms with E-state index in [1.807, 2.05) is 43.3 Å². The van der Waals surface area contributed by atoms with Crippen LogP contribution in [0.15, 0.2) is 59.4 Å². The van der Waals surface area contributed by atoms with Gasteiger partial charge >= 0.3 is 0 Å². The van der Waals surface area contributed by atoms with Crippen molar-refractivity contribution in [2.24, 2.45) is 0 Å². The van der Waals surface area contributed by atoms with E-state index in [4.69, 9.17) is 4.74 Å². The van der Waals surface area contributed by atoms with Crippen LogP contribution < -0.4 is 10.3 Å². The minimum Gasteiger partial charge on any atom is -0.487 e. The Morgan fingerprint density at radius 3 is 2.52 bits per heavy atom. The molecule has 29 heavy (non-hydrogen) atoms. The first-order valence-corrected chi connectivity index (χ1v) is 9.59. The maximum absolute atomic E-state index is 12.5. The molecule has 0 fully saturated rings. The van der Waals surface area contributed by atoms with E-state index >= 15 is 0 Å². The first-order valence-electron chi connectivity index (χ1n) is 9.59. The molecule has 0 saturated heterocycles. The molecule has 148 valence electrons. The van der Waals surface area contributed by atoms with Gasteiger partial charge in [0.05, 0.1) is 5.69 Å². The van der Waals surface area contributed by atoms with E-state index in [1.165, 1.54) is 16.1 Å². The number of H-pyrrole nitrogens is 1. The van der Waals surface area contributed by atoms with E-state index in [-0.39, 0.29) is 17.6 Å². The molecule has 1 N–H and O–H groups in total. The fourth-order valence-corrected chi connectivity index (χ4v) is 3.16. The van der Waals surface area contributed by atoms with Crippen molar-refractivity contribution < 1.29 is 4.74 Å². The van der Waals surface area contributed by atoms with Crippen LogP contribution in [-0.2, 0) is 12.0 Å². The second-order valence-electron chi connectivity index (χ2n) is 8.19. The Balaban J connectivity index is 1.58. The summed E-state index contributed by atoms with van der Waals surface area (Å²) in [4.78, 5) is 20.1. The van der Waals surface area contributed by atoms with Gasteiger partial charge in [0.25, 0.3) is 5.56 Å². The molecule has 0 saturated carbocycles. The summed E-state index contributed by atoms with van der Waals surface area (Å²) in [6.07, 6.45) is 0. The molecule has 0 aliphatic rings. The molecule has 0 aliphatic carbocycles. The van der Waals surface area contributed by atoms with Crippen LogP contribution >= 0.6 is 0 Å². The standard InChI is InChI=1S/C23H24N4O2/c1-15-12-17(23(2,3)4)10-11-19(15)29-14-18-13-20(28)27-22(24-18)25-21(26-27)16-8-6-5-7-9-16/h5-13H,14H2,1-4H3,(H,24,25,26). The van der Waals surface area contributed by atoms with Crippen LogP contribution in [0.4, 0.5) is 0 Å². The second-order valence-corrected chi connectivity index (χ2v) is 8.19. The average molecular weight is 388 g/mol. The van der Waals surface area contributed by atoms with Gasteiger partial charge in [-0.05, 0) is 29.5 Å². The van der Waals surface area contributed by atoms with Crippen molar-refractivity contribution in [1.82, 2.24) is 19.6 Å². The summed E-state index contributed by atoms with van der Waals surface area (Å²) in [5, 5.41) is 4.31. The molecule has 0 unspecified atom stereocenters. The highest BCUT2D eigenvalue weighted by atomic mass is 16.5. The molecule has 0 atom stereocenters. The zero-order chi connectivity index (χ0) is 20.6. The fraction of sp³-hybridized carbons (Fsp3) is 0.261. The number of nitrogens with zero attached hydrogens (tertiary/aromatic N) is 3. The first-order chi connectivity index (χ1) is 13.8.